The van der Waals surface area contributed by atoms with Gasteiger partial charge in [0.15, 0.2) is 11.2 Å². The second kappa shape index (κ2) is 9.19. The summed E-state index contributed by atoms with van der Waals surface area (Å²) in [5.41, 5.74) is 2.45. The predicted molar refractivity (Wildman–Crippen MR) is 131 cm³/mol. The molecule has 5 rings (SSSR count). The van der Waals surface area contributed by atoms with Gasteiger partial charge in [0, 0.05) is 40.2 Å². The Balaban J connectivity index is 1.46. The van der Waals surface area contributed by atoms with E-state index in [-0.39, 0.29) is 29.4 Å². The van der Waals surface area contributed by atoms with E-state index in [1.54, 1.807) is 18.2 Å². The number of aromatic nitrogens is 5. The molecule has 0 unspecified atom stereocenters. The van der Waals surface area contributed by atoms with Crippen LogP contribution in [0.15, 0.2) is 47.3 Å². The lowest BCUT2D eigenvalue weighted by Gasteiger charge is -2.32. The Labute approximate surface area is 205 Å². The average molecular weight is 497 g/mol. The molecule has 2 aromatic heterocycles. The molecule has 1 fully saturated rings. The number of aromatic amines is 1. The fourth-order valence-electron chi connectivity index (χ4n) is 4.38. The summed E-state index contributed by atoms with van der Waals surface area (Å²) in [5, 5.41) is 9.12. The number of fused-ring (bicyclic) bond motifs is 1. The number of benzene rings is 2. The number of piperidine rings is 1. The molecule has 10 heteroatoms. The summed E-state index contributed by atoms with van der Waals surface area (Å²) in [6, 6.07) is 12.8. The number of likely N-dealkylation sites (tertiary alicyclic amines) is 1. The Morgan fingerprint density at radius 3 is 2.68 bits per heavy atom. The lowest BCUT2D eigenvalue weighted by Crippen LogP contribution is -2.40. The highest BCUT2D eigenvalue weighted by molar-refractivity contribution is 6.36. The average Bonchev–Trinajstić information content (AvgIpc) is 3.25. The van der Waals surface area contributed by atoms with Crippen LogP contribution in [0.4, 0.5) is 0 Å². The molecule has 1 N–H and O–H groups in total. The quantitative estimate of drug-likeness (QED) is 0.456. The first-order valence-corrected chi connectivity index (χ1v) is 11.8. The molecule has 1 saturated heterocycles. The van der Waals surface area contributed by atoms with Crippen LogP contribution < -0.4 is 5.56 Å². The van der Waals surface area contributed by atoms with E-state index in [9.17, 15) is 9.59 Å². The van der Waals surface area contributed by atoms with Gasteiger partial charge in [-0.3, -0.25) is 9.59 Å². The molecule has 1 atom stereocenters. The lowest BCUT2D eigenvalue weighted by molar-refractivity contribution is 0.0704. The molecule has 1 amide bonds. The van der Waals surface area contributed by atoms with Crippen LogP contribution in [0, 0.1) is 6.92 Å². The van der Waals surface area contributed by atoms with Gasteiger partial charge in [-0.15, -0.1) is 5.10 Å². The lowest BCUT2D eigenvalue weighted by atomic mass is 9.96. The Kier molecular flexibility index (Phi) is 6.10. The van der Waals surface area contributed by atoms with Crippen molar-refractivity contribution < 1.29 is 4.79 Å². The van der Waals surface area contributed by atoms with Crippen LogP contribution in [0.1, 0.15) is 46.1 Å². The Bertz CT molecular complexity index is 1430. The molecule has 3 heterocycles. The van der Waals surface area contributed by atoms with Crippen molar-refractivity contribution in [1.82, 2.24) is 29.9 Å². The molecule has 0 aliphatic carbocycles. The van der Waals surface area contributed by atoms with Gasteiger partial charge in [-0.1, -0.05) is 52.7 Å². The van der Waals surface area contributed by atoms with Gasteiger partial charge >= 0.3 is 0 Å². The number of H-pyrrole nitrogens is 1. The molecular formula is C24H22Cl2N6O2. The number of carbonyl (C=O) groups excluding carboxylic acids is 1. The highest BCUT2D eigenvalue weighted by atomic mass is 35.5. The number of nitrogens with one attached hydrogen (secondary N) is 1. The van der Waals surface area contributed by atoms with Crippen molar-refractivity contribution in [2.45, 2.75) is 32.2 Å². The third-order valence-electron chi connectivity index (χ3n) is 6.23. The summed E-state index contributed by atoms with van der Waals surface area (Å²) in [7, 11) is 0. The molecular weight excluding hydrogens is 475 g/mol. The summed E-state index contributed by atoms with van der Waals surface area (Å²) in [6.45, 7) is 3.30. The van der Waals surface area contributed by atoms with Crippen LogP contribution in [0.3, 0.4) is 0 Å². The third-order valence-corrected chi connectivity index (χ3v) is 6.94. The van der Waals surface area contributed by atoms with Crippen LogP contribution in [0.25, 0.3) is 11.2 Å². The molecule has 0 radical (unpaired) electrons. The maximum atomic E-state index is 13.1. The molecule has 34 heavy (non-hydrogen) atoms. The smallest absolute Gasteiger partial charge is 0.281 e. The topological polar surface area (TPSA) is 96.8 Å². The van der Waals surface area contributed by atoms with Gasteiger partial charge in [0.25, 0.3) is 11.5 Å². The largest absolute Gasteiger partial charge is 0.338 e. The Morgan fingerprint density at radius 1 is 1.15 bits per heavy atom. The van der Waals surface area contributed by atoms with E-state index in [1.807, 2.05) is 36.1 Å². The maximum Gasteiger partial charge on any atom is 0.281 e. The van der Waals surface area contributed by atoms with Crippen LogP contribution in [0.2, 0.25) is 10.0 Å². The van der Waals surface area contributed by atoms with E-state index >= 15 is 0 Å². The molecule has 174 valence electrons. The summed E-state index contributed by atoms with van der Waals surface area (Å²) in [6.07, 6.45) is 1.63. The number of hydrogen-bond acceptors (Lipinski definition) is 5. The Hall–Kier alpha value is -3.23. The number of nitrogens with zero attached hydrogens (tertiary/aromatic N) is 5. The van der Waals surface area contributed by atoms with Crippen molar-refractivity contribution in [3.8, 4) is 0 Å². The zero-order valence-corrected chi connectivity index (χ0v) is 20.0. The summed E-state index contributed by atoms with van der Waals surface area (Å²) >= 11 is 12.6. The van der Waals surface area contributed by atoms with Gasteiger partial charge in [-0.25, -0.2) is 9.67 Å². The fraction of sp³-hybridized carbons (Fsp3) is 0.292. The summed E-state index contributed by atoms with van der Waals surface area (Å²) < 4.78 is 1.53. The molecule has 0 spiro atoms. The molecule has 2 aromatic carbocycles. The number of halogens is 2. The minimum Gasteiger partial charge on any atom is -0.338 e. The van der Waals surface area contributed by atoms with E-state index in [1.165, 1.54) is 4.68 Å². The van der Waals surface area contributed by atoms with E-state index in [2.05, 4.69) is 15.3 Å². The fourth-order valence-corrected chi connectivity index (χ4v) is 4.90. The molecule has 1 aliphatic heterocycles. The van der Waals surface area contributed by atoms with Crippen LogP contribution >= 0.6 is 23.2 Å². The van der Waals surface area contributed by atoms with Crippen molar-refractivity contribution >= 4 is 40.3 Å². The minimum atomic E-state index is -0.362. The van der Waals surface area contributed by atoms with Gasteiger partial charge in [0.1, 0.15) is 5.82 Å². The zero-order chi connectivity index (χ0) is 23.8. The standard InChI is InChI=1S/C24H22Cl2N6O2/c1-14-6-2-3-8-16(14)24(34)31-11-5-7-15(12-31)21-27-22-20(23(33)28-21)29-30-32(22)13-17-18(25)9-4-10-19(17)26/h2-4,6,8-10,15H,5,7,11-13H2,1H3,(H,27,28,33)/t15-/m0/s1. The second-order valence-corrected chi connectivity index (χ2v) is 9.29. The van der Waals surface area contributed by atoms with Crippen molar-refractivity contribution in [3.63, 3.8) is 0 Å². The monoisotopic (exact) mass is 496 g/mol. The maximum absolute atomic E-state index is 13.1. The predicted octanol–water partition coefficient (Wildman–Crippen LogP) is 4.20. The number of carbonyl (C=O) groups is 1. The van der Waals surface area contributed by atoms with Crippen LogP contribution in [-0.4, -0.2) is 48.9 Å². The van der Waals surface area contributed by atoms with Crippen LogP contribution in [0.5, 0.6) is 0 Å². The van der Waals surface area contributed by atoms with Gasteiger partial charge in [0.2, 0.25) is 0 Å². The molecule has 1 aliphatic rings. The third kappa shape index (κ3) is 4.19. The number of hydrogen-bond donors (Lipinski definition) is 1. The van der Waals surface area contributed by atoms with Crippen molar-refractivity contribution in [2.24, 2.45) is 0 Å². The van der Waals surface area contributed by atoms with Gasteiger partial charge < -0.3 is 9.88 Å². The van der Waals surface area contributed by atoms with E-state index in [0.717, 1.165) is 18.4 Å². The first kappa shape index (κ1) is 22.6. The van der Waals surface area contributed by atoms with E-state index in [0.29, 0.717) is 45.7 Å². The zero-order valence-electron chi connectivity index (χ0n) is 18.5. The summed E-state index contributed by atoms with van der Waals surface area (Å²) in [5.74, 6) is 0.408. The SMILES string of the molecule is Cc1ccccc1C(=O)N1CCC[C@H](c2nc3c(nnn3Cc3c(Cl)cccc3Cl)c(=O)[nH]2)C1. The Morgan fingerprint density at radius 2 is 1.91 bits per heavy atom. The second-order valence-electron chi connectivity index (χ2n) is 8.48. The van der Waals surface area contributed by atoms with Gasteiger partial charge in [0.05, 0.1) is 6.54 Å². The molecule has 4 aromatic rings. The highest BCUT2D eigenvalue weighted by Gasteiger charge is 2.28. The number of amides is 1. The molecule has 0 saturated carbocycles. The highest BCUT2D eigenvalue weighted by Crippen LogP contribution is 2.28. The molecule has 8 nitrogen and oxygen atoms in total. The van der Waals surface area contributed by atoms with Crippen molar-refractivity contribution in [2.75, 3.05) is 13.1 Å². The first-order chi connectivity index (χ1) is 16.4. The minimum absolute atomic E-state index is 0.00806. The normalized spacial score (nSPS) is 16.2. The van der Waals surface area contributed by atoms with E-state index < -0.39 is 0 Å². The van der Waals surface area contributed by atoms with Gasteiger partial charge in [-0.2, -0.15) is 0 Å². The summed E-state index contributed by atoms with van der Waals surface area (Å²) in [4.78, 5) is 35.3. The van der Waals surface area contributed by atoms with Gasteiger partial charge in [-0.05, 0) is 43.5 Å². The van der Waals surface area contributed by atoms with Crippen molar-refractivity contribution in [1.29, 1.82) is 0 Å². The molecule has 0 bridgehead atoms. The first-order valence-electron chi connectivity index (χ1n) is 11.0. The van der Waals surface area contributed by atoms with E-state index in [4.69, 9.17) is 28.2 Å². The van der Waals surface area contributed by atoms with Crippen LogP contribution in [-0.2, 0) is 6.54 Å². The number of rotatable bonds is 4. The van der Waals surface area contributed by atoms with Crippen molar-refractivity contribution in [3.05, 3.63) is 85.4 Å². The number of aryl methyl sites for hydroxylation is 1.